The maximum Gasteiger partial charge on any atom is 0.324 e. The molecule has 0 atom stereocenters. The molecule has 2 aromatic heterocycles. The number of nitrogens with zero attached hydrogens (tertiary/aromatic N) is 2. The highest BCUT2D eigenvalue weighted by atomic mass is 19.1. The topological polar surface area (TPSA) is 161 Å². The highest BCUT2D eigenvalue weighted by molar-refractivity contribution is 6.05. The van der Waals surface area contributed by atoms with Crippen LogP contribution >= 0.6 is 0 Å². The van der Waals surface area contributed by atoms with E-state index in [1.165, 1.54) is 12.3 Å². The fourth-order valence-electron chi connectivity index (χ4n) is 2.65. The largest absolute Gasteiger partial charge is 0.382 e. The number of aryl methyl sites for hydroxylation is 1. The normalized spacial score (nSPS) is 9.90. The molecule has 10 nitrogen and oxygen atoms in total. The van der Waals surface area contributed by atoms with Gasteiger partial charge in [0.15, 0.2) is 0 Å². The Hall–Kier alpha value is -4.28. The number of aromatic amines is 1. The van der Waals surface area contributed by atoms with Crippen molar-refractivity contribution in [3.05, 3.63) is 71.6 Å². The number of amidine groups is 1. The van der Waals surface area contributed by atoms with Crippen molar-refractivity contribution in [2.45, 2.75) is 75.2 Å². The van der Waals surface area contributed by atoms with Crippen molar-refractivity contribution in [2.24, 2.45) is 10.7 Å². The number of nitrogens with two attached hydrogens (primary N) is 1. The number of H-pyrrole nitrogens is 1. The second kappa shape index (κ2) is 27.7. The summed E-state index contributed by atoms with van der Waals surface area (Å²) in [5.41, 5.74) is 7.95. The van der Waals surface area contributed by atoms with Gasteiger partial charge < -0.3 is 21.4 Å². The summed E-state index contributed by atoms with van der Waals surface area (Å²) in [6.07, 6.45) is 8.33. The smallest absolute Gasteiger partial charge is 0.324 e. The van der Waals surface area contributed by atoms with Gasteiger partial charge in [-0.2, -0.15) is 0 Å². The number of rotatable bonds is 9. The van der Waals surface area contributed by atoms with Crippen molar-refractivity contribution in [2.75, 3.05) is 11.9 Å². The van der Waals surface area contributed by atoms with Crippen LogP contribution < -0.4 is 21.7 Å². The van der Waals surface area contributed by atoms with E-state index in [0.717, 1.165) is 18.5 Å². The molecular weight excluding hydrogens is 511 g/mol. The van der Waals surface area contributed by atoms with E-state index in [4.69, 9.17) is 11.1 Å². The van der Waals surface area contributed by atoms with E-state index in [-0.39, 0.29) is 24.2 Å². The van der Waals surface area contributed by atoms with Crippen LogP contribution in [0.2, 0.25) is 0 Å². The standard InChI is InChI=1S/C13H18FN5O.C10H13N3O.3C2H6/c1-2-6-17-13(20)10-7-18-11(12(16)19-8-15)9(10)4-3-5-14;1-3-7-11-10(14)13-9-6-4-5-8(2)12-9;3*1-2/h3,5,7-8,18H,2,4,6H2,1H3,(H,17,20)(H3,15,16,19);3-7H,1-2H3,(H2,11,12,13,14);3*1-2H3/b5-3+;7-3+;;;. The molecule has 40 heavy (non-hydrogen) atoms. The van der Waals surface area contributed by atoms with Gasteiger partial charge in [-0.05, 0) is 44.4 Å². The zero-order chi connectivity index (χ0) is 31.3. The molecule has 7 N–H and O–H groups in total. The van der Waals surface area contributed by atoms with Crippen LogP contribution in [-0.2, 0) is 6.42 Å². The van der Waals surface area contributed by atoms with Crippen LogP contribution in [0.4, 0.5) is 15.0 Å². The molecule has 2 aromatic rings. The van der Waals surface area contributed by atoms with Crippen molar-refractivity contribution in [3.8, 4) is 0 Å². The highest BCUT2D eigenvalue weighted by Gasteiger charge is 2.18. The number of hydrogen-bond donors (Lipinski definition) is 6. The second-order valence-electron chi connectivity index (χ2n) is 6.78. The van der Waals surface area contributed by atoms with Gasteiger partial charge in [0.25, 0.3) is 5.91 Å². The summed E-state index contributed by atoms with van der Waals surface area (Å²) in [7, 11) is 0. The summed E-state index contributed by atoms with van der Waals surface area (Å²) in [6.45, 7) is 18.2. The Morgan fingerprint density at radius 2 is 1.82 bits per heavy atom. The SMILES string of the molecule is C/C=C/NC(=O)Nc1cccc(C)n1.CC.CC.CC.CCCNC(=O)c1c[nH]c(C(N)=NC=N)c1C/C=C/F. The quantitative estimate of drug-likeness (QED) is 0.150. The van der Waals surface area contributed by atoms with Gasteiger partial charge in [-0.1, -0.05) is 66.7 Å². The highest BCUT2D eigenvalue weighted by Crippen LogP contribution is 2.16. The van der Waals surface area contributed by atoms with Crippen LogP contribution in [-0.4, -0.2) is 40.6 Å². The van der Waals surface area contributed by atoms with Gasteiger partial charge in [-0.3, -0.25) is 15.5 Å². The van der Waals surface area contributed by atoms with E-state index in [9.17, 15) is 14.0 Å². The molecule has 0 aromatic carbocycles. The van der Waals surface area contributed by atoms with Gasteiger partial charge in [0.05, 0.1) is 17.6 Å². The number of nitrogens with one attached hydrogen (secondary N) is 5. The number of allylic oxidation sites excluding steroid dienone is 2. The average Bonchev–Trinajstić information content (AvgIpc) is 3.41. The number of halogens is 1. The van der Waals surface area contributed by atoms with Crippen molar-refractivity contribution in [1.82, 2.24) is 20.6 Å². The van der Waals surface area contributed by atoms with E-state index in [1.807, 2.05) is 74.4 Å². The summed E-state index contributed by atoms with van der Waals surface area (Å²) >= 11 is 0. The zero-order valence-corrected chi connectivity index (χ0v) is 25.5. The monoisotopic (exact) mass is 560 g/mol. The molecule has 0 aliphatic carbocycles. The summed E-state index contributed by atoms with van der Waals surface area (Å²) in [6, 6.07) is 5.16. The summed E-state index contributed by atoms with van der Waals surface area (Å²) in [4.78, 5) is 33.8. The van der Waals surface area contributed by atoms with Crippen LogP contribution in [0.25, 0.3) is 0 Å². The number of aromatic nitrogens is 2. The Labute approximate surface area is 239 Å². The Kier molecular flexibility index (Phi) is 27.9. The molecule has 224 valence electrons. The fourth-order valence-corrected chi connectivity index (χ4v) is 2.65. The lowest BCUT2D eigenvalue weighted by atomic mass is 10.1. The lowest BCUT2D eigenvalue weighted by Gasteiger charge is -2.05. The predicted octanol–water partition coefficient (Wildman–Crippen LogP) is 6.62. The summed E-state index contributed by atoms with van der Waals surface area (Å²) in [5.74, 6) is 0.378. The number of hydrogen-bond acceptors (Lipinski definition) is 4. The zero-order valence-electron chi connectivity index (χ0n) is 25.5. The van der Waals surface area contributed by atoms with Gasteiger partial charge >= 0.3 is 6.03 Å². The van der Waals surface area contributed by atoms with Gasteiger partial charge in [0.1, 0.15) is 18.0 Å². The third kappa shape index (κ3) is 17.3. The van der Waals surface area contributed by atoms with E-state index in [2.05, 4.69) is 30.9 Å². The van der Waals surface area contributed by atoms with Gasteiger partial charge in [0.2, 0.25) is 0 Å². The first-order valence-electron chi connectivity index (χ1n) is 13.6. The number of urea groups is 1. The fraction of sp³-hybridized carbons (Fsp3) is 0.414. The van der Waals surface area contributed by atoms with Gasteiger partial charge in [-0.25, -0.2) is 19.2 Å². The lowest BCUT2D eigenvalue weighted by Crippen LogP contribution is -2.25. The molecule has 0 aliphatic heterocycles. The average molecular weight is 561 g/mol. The molecule has 0 unspecified atom stereocenters. The first-order chi connectivity index (χ1) is 19.4. The molecule has 11 heteroatoms. The maximum absolute atomic E-state index is 12.2. The van der Waals surface area contributed by atoms with Crippen LogP contribution in [0.15, 0.2) is 54.1 Å². The number of pyridine rings is 1. The maximum atomic E-state index is 12.2. The first kappa shape index (κ1) is 40.2. The van der Waals surface area contributed by atoms with Gasteiger partial charge in [-0.15, -0.1) is 0 Å². The Morgan fingerprint density at radius 1 is 1.18 bits per heavy atom. The number of aliphatic imine (C=N–C) groups is 1. The van der Waals surface area contributed by atoms with E-state index in [0.29, 0.717) is 35.5 Å². The molecule has 0 aliphatic rings. The summed E-state index contributed by atoms with van der Waals surface area (Å²) < 4.78 is 12.2. The first-order valence-corrected chi connectivity index (χ1v) is 13.6. The molecule has 0 bridgehead atoms. The Bertz CT molecular complexity index is 1050. The number of carbonyl (C=O) groups excluding carboxylic acids is 2. The molecule has 0 spiro atoms. The minimum absolute atomic E-state index is 0.0804. The molecule has 0 saturated heterocycles. The third-order valence-electron chi connectivity index (χ3n) is 4.15. The number of anilines is 1. The van der Waals surface area contributed by atoms with Crippen LogP contribution in [0.5, 0.6) is 0 Å². The Morgan fingerprint density at radius 3 is 2.35 bits per heavy atom. The van der Waals surface area contributed by atoms with Crippen LogP contribution in [0.1, 0.15) is 89.1 Å². The minimum Gasteiger partial charge on any atom is -0.382 e. The van der Waals surface area contributed by atoms with Gasteiger partial charge in [0, 0.05) is 24.6 Å². The molecule has 0 saturated carbocycles. The molecule has 3 amide bonds. The van der Waals surface area contributed by atoms with Crippen molar-refractivity contribution >= 4 is 29.9 Å². The Balaban J connectivity index is -0.000000598. The van der Waals surface area contributed by atoms with E-state index < -0.39 is 0 Å². The third-order valence-corrected chi connectivity index (χ3v) is 4.15. The van der Waals surface area contributed by atoms with Crippen LogP contribution in [0.3, 0.4) is 0 Å². The van der Waals surface area contributed by atoms with Crippen molar-refractivity contribution in [1.29, 1.82) is 5.41 Å². The molecule has 0 fully saturated rings. The molecular formula is C29H49FN8O2. The minimum atomic E-state index is -0.291. The summed E-state index contributed by atoms with van der Waals surface area (Å²) in [5, 5.41) is 14.8. The number of carbonyl (C=O) groups is 2. The van der Waals surface area contributed by atoms with Crippen molar-refractivity contribution < 1.29 is 14.0 Å². The van der Waals surface area contributed by atoms with Crippen molar-refractivity contribution in [3.63, 3.8) is 0 Å². The van der Waals surface area contributed by atoms with E-state index >= 15 is 0 Å². The molecule has 0 radical (unpaired) electrons. The van der Waals surface area contributed by atoms with Crippen LogP contribution in [0, 0.1) is 12.3 Å². The lowest BCUT2D eigenvalue weighted by molar-refractivity contribution is 0.0953. The number of amides is 3. The molecule has 2 heterocycles. The molecule has 2 rings (SSSR count). The predicted molar refractivity (Wildman–Crippen MR) is 167 cm³/mol. The second-order valence-corrected chi connectivity index (χ2v) is 6.78. The van der Waals surface area contributed by atoms with E-state index in [1.54, 1.807) is 18.3 Å².